The molecule has 3 rings (SSSR count). The number of aromatic nitrogens is 2. The Labute approximate surface area is 161 Å². The van der Waals surface area contributed by atoms with Gasteiger partial charge in [0, 0.05) is 36.9 Å². The summed E-state index contributed by atoms with van der Waals surface area (Å²) in [6.07, 6.45) is 0. The van der Waals surface area contributed by atoms with Crippen LogP contribution in [-0.2, 0) is 6.54 Å². The van der Waals surface area contributed by atoms with Gasteiger partial charge in [0.1, 0.15) is 5.82 Å². The first-order valence-electron chi connectivity index (χ1n) is 9.58. The third kappa shape index (κ3) is 4.13. The Hall–Kier alpha value is -2.82. The summed E-state index contributed by atoms with van der Waals surface area (Å²) in [4.78, 5) is 19.3. The van der Waals surface area contributed by atoms with Crippen LogP contribution in [0.5, 0.6) is 0 Å². The second kappa shape index (κ2) is 8.25. The van der Waals surface area contributed by atoms with Crippen molar-refractivity contribution < 1.29 is 4.79 Å². The van der Waals surface area contributed by atoms with Crippen molar-refractivity contribution in [3.8, 4) is 0 Å². The smallest absolute Gasteiger partial charge is 0.251 e. The van der Waals surface area contributed by atoms with E-state index in [2.05, 4.69) is 46.6 Å². The molecule has 0 aliphatic carbocycles. The second-order valence-corrected chi connectivity index (χ2v) is 6.98. The van der Waals surface area contributed by atoms with Gasteiger partial charge in [-0.05, 0) is 64.1 Å². The van der Waals surface area contributed by atoms with Crippen molar-refractivity contribution in [3.05, 3.63) is 59.9 Å². The van der Waals surface area contributed by atoms with E-state index in [4.69, 9.17) is 0 Å². The molecule has 0 saturated heterocycles. The van der Waals surface area contributed by atoms with Gasteiger partial charge in [-0.3, -0.25) is 4.79 Å². The predicted molar refractivity (Wildman–Crippen MR) is 111 cm³/mol. The molecule has 0 saturated carbocycles. The van der Waals surface area contributed by atoms with E-state index in [1.807, 2.05) is 49.4 Å². The lowest BCUT2D eigenvalue weighted by atomic mass is 10.1. The third-order valence-electron chi connectivity index (χ3n) is 4.89. The van der Waals surface area contributed by atoms with Gasteiger partial charge in [-0.25, -0.2) is 4.98 Å². The standard InChI is InChI=1S/C22H28N4O/c1-5-25(16(2)3)19-12-10-18(11-13-19)22(27)23-14-15-26-17(4)24-20-8-6-7-9-21(20)26/h6-13,16H,5,14-15H2,1-4H3,(H,23,27). The SMILES string of the molecule is CCN(c1ccc(C(=O)NCCn2c(C)nc3ccccc32)cc1)C(C)C. The van der Waals surface area contributed by atoms with Crippen LogP contribution in [0, 0.1) is 6.92 Å². The lowest BCUT2D eigenvalue weighted by Crippen LogP contribution is -2.30. The number of fused-ring (bicyclic) bond motifs is 1. The van der Waals surface area contributed by atoms with Crippen LogP contribution < -0.4 is 10.2 Å². The molecule has 5 nitrogen and oxygen atoms in total. The zero-order chi connectivity index (χ0) is 19.4. The Bertz CT molecular complexity index is 912. The zero-order valence-electron chi connectivity index (χ0n) is 16.6. The van der Waals surface area contributed by atoms with Gasteiger partial charge in [0.2, 0.25) is 0 Å². The number of para-hydroxylation sites is 2. The summed E-state index contributed by atoms with van der Waals surface area (Å²) < 4.78 is 2.14. The minimum absolute atomic E-state index is 0.0452. The van der Waals surface area contributed by atoms with Gasteiger partial charge in [-0.1, -0.05) is 12.1 Å². The van der Waals surface area contributed by atoms with Crippen molar-refractivity contribution in [1.29, 1.82) is 0 Å². The fourth-order valence-corrected chi connectivity index (χ4v) is 3.51. The first-order valence-corrected chi connectivity index (χ1v) is 9.58. The molecule has 1 amide bonds. The lowest BCUT2D eigenvalue weighted by Gasteiger charge is -2.27. The van der Waals surface area contributed by atoms with Crippen LogP contribution in [0.15, 0.2) is 48.5 Å². The average Bonchev–Trinajstić information content (AvgIpc) is 2.98. The average molecular weight is 364 g/mol. The molecule has 1 N–H and O–H groups in total. The van der Waals surface area contributed by atoms with Crippen LogP contribution in [0.4, 0.5) is 5.69 Å². The molecule has 3 aromatic rings. The summed E-state index contributed by atoms with van der Waals surface area (Å²) in [5, 5.41) is 3.01. The molecule has 27 heavy (non-hydrogen) atoms. The lowest BCUT2D eigenvalue weighted by molar-refractivity contribution is 0.0952. The highest BCUT2D eigenvalue weighted by Gasteiger charge is 2.11. The fraction of sp³-hybridized carbons (Fsp3) is 0.364. The maximum atomic E-state index is 12.5. The van der Waals surface area contributed by atoms with Crippen LogP contribution >= 0.6 is 0 Å². The van der Waals surface area contributed by atoms with Crippen LogP contribution in [-0.4, -0.2) is 34.6 Å². The number of hydrogen-bond acceptors (Lipinski definition) is 3. The van der Waals surface area contributed by atoms with Gasteiger partial charge in [0.05, 0.1) is 11.0 Å². The van der Waals surface area contributed by atoms with Gasteiger partial charge >= 0.3 is 0 Å². The highest BCUT2D eigenvalue weighted by Crippen LogP contribution is 2.18. The van der Waals surface area contributed by atoms with E-state index in [1.54, 1.807) is 0 Å². The molecule has 1 heterocycles. The second-order valence-electron chi connectivity index (χ2n) is 6.98. The molecular weight excluding hydrogens is 336 g/mol. The van der Waals surface area contributed by atoms with Crippen LogP contribution in [0.1, 0.15) is 37.0 Å². The normalized spacial score (nSPS) is 11.1. The molecule has 0 atom stereocenters. The third-order valence-corrected chi connectivity index (χ3v) is 4.89. The highest BCUT2D eigenvalue weighted by molar-refractivity contribution is 5.94. The predicted octanol–water partition coefficient (Wildman–Crippen LogP) is 4.01. The zero-order valence-corrected chi connectivity index (χ0v) is 16.6. The first-order chi connectivity index (χ1) is 13.0. The number of imidazole rings is 1. The molecule has 0 unspecified atom stereocenters. The summed E-state index contributed by atoms with van der Waals surface area (Å²) in [5.74, 6) is 0.916. The molecule has 1 aromatic heterocycles. The number of anilines is 1. The van der Waals surface area contributed by atoms with Crippen molar-refractivity contribution in [2.75, 3.05) is 18.0 Å². The number of hydrogen-bond donors (Lipinski definition) is 1. The molecular formula is C22H28N4O. The number of benzene rings is 2. The summed E-state index contributed by atoms with van der Waals surface area (Å²) in [6, 6.07) is 16.3. The Morgan fingerprint density at radius 3 is 2.52 bits per heavy atom. The van der Waals surface area contributed by atoms with E-state index >= 15 is 0 Å². The molecule has 0 bridgehead atoms. The number of carbonyl (C=O) groups excluding carboxylic acids is 1. The molecule has 0 spiro atoms. The number of rotatable bonds is 7. The quantitative estimate of drug-likeness (QED) is 0.689. The number of nitrogens with zero attached hydrogens (tertiary/aromatic N) is 3. The molecule has 5 heteroatoms. The van der Waals surface area contributed by atoms with Crippen LogP contribution in [0.2, 0.25) is 0 Å². The van der Waals surface area contributed by atoms with Gasteiger partial charge in [-0.2, -0.15) is 0 Å². The first kappa shape index (κ1) is 19.0. The molecule has 0 fully saturated rings. The van der Waals surface area contributed by atoms with Crippen LogP contribution in [0.3, 0.4) is 0 Å². The Kier molecular flexibility index (Phi) is 5.79. The van der Waals surface area contributed by atoms with Gasteiger partial charge in [0.25, 0.3) is 5.91 Å². The van der Waals surface area contributed by atoms with Gasteiger partial charge in [0.15, 0.2) is 0 Å². The van der Waals surface area contributed by atoms with E-state index < -0.39 is 0 Å². The Balaban J connectivity index is 1.61. The summed E-state index contributed by atoms with van der Waals surface area (Å²) >= 11 is 0. The fourth-order valence-electron chi connectivity index (χ4n) is 3.51. The van der Waals surface area contributed by atoms with Crippen molar-refractivity contribution in [1.82, 2.24) is 14.9 Å². The number of aryl methyl sites for hydroxylation is 1. The summed E-state index contributed by atoms with van der Waals surface area (Å²) in [6.45, 7) is 10.7. The van der Waals surface area contributed by atoms with Crippen molar-refractivity contribution >= 4 is 22.6 Å². The minimum atomic E-state index is -0.0452. The summed E-state index contributed by atoms with van der Waals surface area (Å²) in [5.41, 5.74) is 3.92. The highest BCUT2D eigenvalue weighted by atomic mass is 16.1. The topological polar surface area (TPSA) is 50.2 Å². The largest absolute Gasteiger partial charge is 0.369 e. The summed E-state index contributed by atoms with van der Waals surface area (Å²) in [7, 11) is 0. The van der Waals surface area contributed by atoms with Crippen molar-refractivity contribution in [2.45, 2.75) is 40.3 Å². The number of amides is 1. The number of carbonyl (C=O) groups is 1. The van der Waals surface area contributed by atoms with E-state index in [-0.39, 0.29) is 5.91 Å². The molecule has 142 valence electrons. The van der Waals surface area contributed by atoms with Crippen LogP contribution in [0.25, 0.3) is 11.0 Å². The van der Waals surface area contributed by atoms with Gasteiger partial charge in [-0.15, -0.1) is 0 Å². The number of nitrogens with one attached hydrogen (secondary N) is 1. The maximum absolute atomic E-state index is 12.5. The Morgan fingerprint density at radius 1 is 1.15 bits per heavy atom. The van der Waals surface area contributed by atoms with E-state index in [1.165, 1.54) is 0 Å². The Morgan fingerprint density at radius 2 is 1.85 bits per heavy atom. The molecule has 0 radical (unpaired) electrons. The van der Waals surface area contributed by atoms with E-state index in [0.717, 1.165) is 29.1 Å². The maximum Gasteiger partial charge on any atom is 0.251 e. The monoisotopic (exact) mass is 364 g/mol. The molecule has 2 aromatic carbocycles. The van der Waals surface area contributed by atoms with E-state index in [0.29, 0.717) is 24.7 Å². The van der Waals surface area contributed by atoms with Crippen molar-refractivity contribution in [3.63, 3.8) is 0 Å². The van der Waals surface area contributed by atoms with Crippen molar-refractivity contribution in [2.24, 2.45) is 0 Å². The molecule has 0 aliphatic rings. The molecule has 0 aliphatic heterocycles. The van der Waals surface area contributed by atoms with E-state index in [9.17, 15) is 4.79 Å². The van der Waals surface area contributed by atoms with Gasteiger partial charge < -0.3 is 14.8 Å². The minimum Gasteiger partial charge on any atom is -0.369 e.